The highest BCUT2D eigenvalue weighted by molar-refractivity contribution is 5.83. The van der Waals surface area contributed by atoms with Crippen molar-refractivity contribution in [3.05, 3.63) is 0 Å². The van der Waals surface area contributed by atoms with Crippen molar-refractivity contribution in [3.8, 4) is 0 Å². The molecule has 0 aliphatic rings. The Labute approximate surface area is 68.1 Å². The van der Waals surface area contributed by atoms with Crippen molar-refractivity contribution in [2.45, 2.75) is 6.43 Å². The second-order valence-electron chi connectivity index (χ2n) is 2.07. The molecule has 0 unspecified atom stereocenters. The molecule has 0 bridgehead atoms. The van der Waals surface area contributed by atoms with Crippen LogP contribution in [0.3, 0.4) is 0 Å². The van der Waals surface area contributed by atoms with Crippen LogP contribution in [-0.2, 0) is 14.3 Å². The van der Waals surface area contributed by atoms with Crippen LogP contribution in [0.5, 0.6) is 0 Å². The molecule has 0 aliphatic heterocycles. The van der Waals surface area contributed by atoms with Crippen molar-refractivity contribution >= 4 is 11.9 Å². The number of carbonyl (C=O) groups is 2. The van der Waals surface area contributed by atoms with Gasteiger partial charge in [-0.2, -0.15) is 8.78 Å². The second kappa shape index (κ2) is 4.63. The highest BCUT2D eigenvalue weighted by atomic mass is 19.3. The molecule has 0 spiro atoms. The summed E-state index contributed by atoms with van der Waals surface area (Å²) >= 11 is 0. The van der Waals surface area contributed by atoms with E-state index in [2.05, 4.69) is 4.74 Å². The third-order valence-corrected chi connectivity index (χ3v) is 1.16. The van der Waals surface area contributed by atoms with Gasteiger partial charge in [0.25, 0.3) is 5.91 Å². The lowest BCUT2D eigenvalue weighted by atomic mass is 10.5. The Bertz CT molecular complexity index is 184. The lowest BCUT2D eigenvalue weighted by Crippen LogP contribution is -2.36. The molecule has 70 valence electrons. The maximum Gasteiger partial charge on any atom is 0.325 e. The quantitative estimate of drug-likeness (QED) is 0.570. The number of alkyl halides is 2. The maximum atomic E-state index is 11.7. The molecule has 0 aromatic carbocycles. The van der Waals surface area contributed by atoms with E-state index >= 15 is 0 Å². The molecule has 0 saturated carbocycles. The van der Waals surface area contributed by atoms with Crippen LogP contribution in [0.25, 0.3) is 0 Å². The third-order valence-electron chi connectivity index (χ3n) is 1.16. The normalized spacial score (nSPS) is 9.75. The van der Waals surface area contributed by atoms with E-state index in [-0.39, 0.29) is 0 Å². The molecule has 0 fully saturated rings. The molecule has 0 rings (SSSR count). The summed E-state index contributed by atoms with van der Waals surface area (Å²) in [6.07, 6.45) is -3.08. The smallest absolute Gasteiger partial charge is 0.325 e. The van der Waals surface area contributed by atoms with Gasteiger partial charge in [-0.15, -0.1) is 0 Å². The molecule has 4 nitrogen and oxygen atoms in total. The number of hydrogen-bond acceptors (Lipinski definition) is 3. The van der Waals surface area contributed by atoms with Gasteiger partial charge in [0.2, 0.25) is 0 Å². The number of methoxy groups -OCH3 is 1. The number of amides is 1. The number of carbonyl (C=O) groups excluding carboxylic acids is 2. The van der Waals surface area contributed by atoms with Crippen molar-refractivity contribution in [2.75, 3.05) is 20.7 Å². The van der Waals surface area contributed by atoms with Gasteiger partial charge >= 0.3 is 12.4 Å². The molecule has 0 radical (unpaired) electrons. The summed E-state index contributed by atoms with van der Waals surface area (Å²) < 4.78 is 27.6. The van der Waals surface area contributed by atoms with Gasteiger partial charge in [-0.1, -0.05) is 0 Å². The number of halogens is 2. The molecule has 0 heterocycles. The summed E-state index contributed by atoms with van der Waals surface area (Å²) in [5, 5.41) is 0. The Kier molecular flexibility index (Phi) is 4.17. The molecule has 1 amide bonds. The number of esters is 1. The summed E-state index contributed by atoms with van der Waals surface area (Å²) in [6, 6.07) is 0. The molecule has 0 atom stereocenters. The number of nitrogens with zero attached hydrogens (tertiary/aromatic N) is 1. The Morgan fingerprint density at radius 1 is 1.50 bits per heavy atom. The monoisotopic (exact) mass is 181 g/mol. The summed E-state index contributed by atoms with van der Waals surface area (Å²) in [5.41, 5.74) is 0. The van der Waals surface area contributed by atoms with Gasteiger partial charge in [0.05, 0.1) is 7.11 Å². The third kappa shape index (κ3) is 3.27. The van der Waals surface area contributed by atoms with Gasteiger partial charge in [-0.05, 0) is 0 Å². The molecule has 12 heavy (non-hydrogen) atoms. The molecule has 0 aliphatic carbocycles. The highest BCUT2D eigenvalue weighted by Crippen LogP contribution is 1.98. The topological polar surface area (TPSA) is 46.6 Å². The first-order valence-electron chi connectivity index (χ1n) is 3.09. The first-order chi connectivity index (χ1) is 5.49. The van der Waals surface area contributed by atoms with Crippen molar-refractivity contribution in [3.63, 3.8) is 0 Å². The molecular formula is C6H9F2NO3. The number of likely N-dealkylation sites (N-methyl/N-ethyl adjacent to an activating group) is 1. The van der Waals surface area contributed by atoms with Crippen molar-refractivity contribution < 1.29 is 23.1 Å². The summed E-state index contributed by atoms with van der Waals surface area (Å²) in [7, 11) is 2.22. The van der Waals surface area contributed by atoms with Crippen LogP contribution in [0.15, 0.2) is 0 Å². The molecular weight excluding hydrogens is 172 g/mol. The lowest BCUT2D eigenvalue weighted by Gasteiger charge is -2.14. The minimum absolute atomic E-state index is 0.459. The van der Waals surface area contributed by atoms with Crippen molar-refractivity contribution in [2.24, 2.45) is 0 Å². The zero-order valence-corrected chi connectivity index (χ0v) is 6.71. The maximum absolute atomic E-state index is 11.7. The fourth-order valence-corrected chi connectivity index (χ4v) is 0.503. The lowest BCUT2D eigenvalue weighted by molar-refractivity contribution is -0.150. The zero-order valence-electron chi connectivity index (χ0n) is 6.71. The van der Waals surface area contributed by atoms with E-state index in [0.717, 1.165) is 14.2 Å². The van der Waals surface area contributed by atoms with Crippen LogP contribution in [-0.4, -0.2) is 43.9 Å². The van der Waals surface area contributed by atoms with Crippen molar-refractivity contribution in [1.82, 2.24) is 4.90 Å². The molecule has 0 aromatic rings. The van der Waals surface area contributed by atoms with Gasteiger partial charge in [0.15, 0.2) is 0 Å². The van der Waals surface area contributed by atoms with Crippen molar-refractivity contribution in [1.29, 1.82) is 0 Å². The van der Waals surface area contributed by atoms with Gasteiger partial charge < -0.3 is 9.64 Å². The fourth-order valence-electron chi connectivity index (χ4n) is 0.503. The number of rotatable bonds is 3. The number of ether oxygens (including phenoxy) is 1. The minimum Gasteiger partial charge on any atom is -0.468 e. The second-order valence-corrected chi connectivity index (χ2v) is 2.07. The van der Waals surface area contributed by atoms with Crippen LogP contribution in [0, 0.1) is 0 Å². The Balaban J connectivity index is 3.95. The summed E-state index contributed by atoms with van der Waals surface area (Å²) in [5.74, 6) is -2.12. The fraction of sp³-hybridized carbons (Fsp3) is 0.667. The van der Waals surface area contributed by atoms with E-state index in [1.165, 1.54) is 0 Å². The minimum atomic E-state index is -3.08. The molecule has 6 heteroatoms. The van der Waals surface area contributed by atoms with E-state index in [4.69, 9.17) is 0 Å². The molecule has 0 N–H and O–H groups in total. The van der Waals surface area contributed by atoms with Gasteiger partial charge in [-0.3, -0.25) is 9.59 Å². The molecule has 0 saturated heterocycles. The molecule has 0 aromatic heterocycles. The van der Waals surface area contributed by atoms with Crippen LogP contribution in [0.1, 0.15) is 0 Å². The summed E-state index contributed by atoms with van der Waals surface area (Å²) in [4.78, 5) is 21.6. The van der Waals surface area contributed by atoms with Crippen LogP contribution < -0.4 is 0 Å². The predicted molar refractivity (Wildman–Crippen MR) is 35.7 cm³/mol. The standard InChI is InChI=1S/C6H9F2NO3/c1-9(3-4(10)12-2)6(11)5(7)8/h5H,3H2,1-2H3. The Hall–Kier alpha value is -1.20. The summed E-state index contributed by atoms with van der Waals surface area (Å²) in [6.45, 7) is -0.459. The van der Waals surface area contributed by atoms with Gasteiger partial charge in [0.1, 0.15) is 6.54 Å². The largest absolute Gasteiger partial charge is 0.468 e. The Morgan fingerprint density at radius 2 is 2.00 bits per heavy atom. The van der Waals surface area contributed by atoms with Gasteiger partial charge in [-0.25, -0.2) is 0 Å². The van der Waals surface area contributed by atoms with E-state index in [9.17, 15) is 18.4 Å². The number of hydrogen-bond donors (Lipinski definition) is 0. The first-order valence-corrected chi connectivity index (χ1v) is 3.09. The zero-order chi connectivity index (χ0) is 9.72. The van der Waals surface area contributed by atoms with E-state index in [0.29, 0.717) is 4.90 Å². The van der Waals surface area contributed by atoms with Crippen LogP contribution >= 0.6 is 0 Å². The average molecular weight is 181 g/mol. The van der Waals surface area contributed by atoms with Crippen LogP contribution in [0.2, 0.25) is 0 Å². The highest BCUT2D eigenvalue weighted by Gasteiger charge is 2.21. The SMILES string of the molecule is COC(=O)CN(C)C(=O)C(F)F. The van der Waals surface area contributed by atoms with E-state index in [1.807, 2.05) is 0 Å². The predicted octanol–water partition coefficient (Wildman–Crippen LogP) is -0.117. The van der Waals surface area contributed by atoms with Gasteiger partial charge in [0, 0.05) is 7.05 Å². The first kappa shape index (κ1) is 10.8. The van der Waals surface area contributed by atoms with E-state index in [1.54, 1.807) is 0 Å². The van der Waals surface area contributed by atoms with Crippen LogP contribution in [0.4, 0.5) is 8.78 Å². The van der Waals surface area contributed by atoms with E-state index < -0.39 is 24.8 Å². The average Bonchev–Trinajstić information content (AvgIpc) is 2.02. The Morgan fingerprint density at radius 3 is 2.33 bits per heavy atom.